The fourth-order valence-electron chi connectivity index (χ4n) is 2.27. The molecule has 3 heteroatoms. The van der Waals surface area contributed by atoms with Gasteiger partial charge >= 0.3 is 5.97 Å². The SMILES string of the molecule is CCOC(=O)C(NCc1ccccc1)C1CCC1. The third-order valence-corrected chi connectivity index (χ3v) is 3.53. The minimum Gasteiger partial charge on any atom is -0.465 e. The van der Waals surface area contributed by atoms with E-state index in [4.69, 9.17) is 4.74 Å². The van der Waals surface area contributed by atoms with Crippen LogP contribution in [-0.2, 0) is 16.1 Å². The molecular weight excluding hydrogens is 226 g/mol. The Morgan fingerprint density at radius 2 is 2.11 bits per heavy atom. The van der Waals surface area contributed by atoms with Gasteiger partial charge in [-0.05, 0) is 31.2 Å². The zero-order chi connectivity index (χ0) is 12.8. The maximum atomic E-state index is 11.9. The molecule has 3 nitrogen and oxygen atoms in total. The lowest BCUT2D eigenvalue weighted by Crippen LogP contribution is -2.46. The van der Waals surface area contributed by atoms with E-state index in [-0.39, 0.29) is 12.0 Å². The highest BCUT2D eigenvalue weighted by atomic mass is 16.5. The van der Waals surface area contributed by atoms with E-state index in [1.54, 1.807) is 0 Å². The molecule has 1 unspecified atom stereocenters. The van der Waals surface area contributed by atoms with E-state index in [0.29, 0.717) is 12.5 Å². The number of carbonyl (C=O) groups excluding carboxylic acids is 1. The Kier molecular flexibility index (Phi) is 4.76. The van der Waals surface area contributed by atoms with Crippen LogP contribution in [0.4, 0.5) is 0 Å². The molecule has 0 heterocycles. The number of hydrogen-bond donors (Lipinski definition) is 1. The van der Waals surface area contributed by atoms with Crippen molar-refractivity contribution in [1.29, 1.82) is 0 Å². The third-order valence-electron chi connectivity index (χ3n) is 3.53. The molecule has 1 aliphatic rings. The van der Waals surface area contributed by atoms with Crippen molar-refractivity contribution in [3.05, 3.63) is 35.9 Å². The van der Waals surface area contributed by atoms with Crippen LogP contribution in [0.1, 0.15) is 31.7 Å². The number of rotatable bonds is 6. The normalized spacial score (nSPS) is 16.9. The van der Waals surface area contributed by atoms with E-state index >= 15 is 0 Å². The van der Waals surface area contributed by atoms with Crippen molar-refractivity contribution in [2.75, 3.05) is 6.61 Å². The van der Waals surface area contributed by atoms with E-state index in [1.807, 2.05) is 25.1 Å². The van der Waals surface area contributed by atoms with Crippen molar-refractivity contribution in [2.24, 2.45) is 5.92 Å². The van der Waals surface area contributed by atoms with Crippen molar-refractivity contribution in [2.45, 2.75) is 38.8 Å². The molecule has 98 valence electrons. The van der Waals surface area contributed by atoms with Gasteiger partial charge in [0.05, 0.1) is 6.61 Å². The van der Waals surface area contributed by atoms with Gasteiger partial charge in [-0.2, -0.15) is 0 Å². The molecule has 18 heavy (non-hydrogen) atoms. The van der Waals surface area contributed by atoms with Gasteiger partial charge < -0.3 is 10.1 Å². The van der Waals surface area contributed by atoms with Crippen LogP contribution >= 0.6 is 0 Å². The van der Waals surface area contributed by atoms with Gasteiger partial charge in [0.2, 0.25) is 0 Å². The lowest BCUT2D eigenvalue weighted by molar-refractivity contribution is -0.148. The molecule has 0 amide bonds. The fraction of sp³-hybridized carbons (Fsp3) is 0.533. The van der Waals surface area contributed by atoms with E-state index in [1.165, 1.54) is 12.0 Å². The van der Waals surface area contributed by atoms with E-state index in [2.05, 4.69) is 17.4 Å². The Morgan fingerprint density at radius 1 is 1.39 bits per heavy atom. The number of ether oxygens (including phenoxy) is 1. The highest BCUT2D eigenvalue weighted by Gasteiger charge is 2.33. The summed E-state index contributed by atoms with van der Waals surface area (Å²) >= 11 is 0. The smallest absolute Gasteiger partial charge is 0.323 e. The van der Waals surface area contributed by atoms with Crippen molar-refractivity contribution in [1.82, 2.24) is 5.32 Å². The van der Waals surface area contributed by atoms with Crippen molar-refractivity contribution >= 4 is 5.97 Å². The van der Waals surface area contributed by atoms with Gasteiger partial charge in [-0.25, -0.2) is 0 Å². The maximum Gasteiger partial charge on any atom is 0.323 e. The van der Waals surface area contributed by atoms with E-state index in [0.717, 1.165) is 19.4 Å². The first-order valence-corrected chi connectivity index (χ1v) is 6.75. The summed E-state index contributed by atoms with van der Waals surface area (Å²) in [7, 11) is 0. The number of hydrogen-bond acceptors (Lipinski definition) is 3. The quantitative estimate of drug-likeness (QED) is 0.785. The Labute approximate surface area is 109 Å². The van der Waals surface area contributed by atoms with Gasteiger partial charge in [0.1, 0.15) is 6.04 Å². The molecule has 1 saturated carbocycles. The van der Waals surface area contributed by atoms with Gasteiger partial charge in [-0.3, -0.25) is 4.79 Å². The molecule has 1 aliphatic carbocycles. The third kappa shape index (κ3) is 3.33. The average molecular weight is 247 g/mol. The van der Waals surface area contributed by atoms with Crippen molar-refractivity contribution in [3.8, 4) is 0 Å². The van der Waals surface area contributed by atoms with Crippen LogP contribution in [0.15, 0.2) is 30.3 Å². The molecule has 1 N–H and O–H groups in total. The second-order valence-corrected chi connectivity index (χ2v) is 4.79. The Balaban J connectivity index is 1.90. The predicted octanol–water partition coefficient (Wildman–Crippen LogP) is 2.51. The van der Waals surface area contributed by atoms with Crippen LogP contribution in [0.2, 0.25) is 0 Å². The Morgan fingerprint density at radius 3 is 2.67 bits per heavy atom. The first-order valence-electron chi connectivity index (χ1n) is 6.75. The number of nitrogens with one attached hydrogen (secondary N) is 1. The molecule has 0 aromatic heterocycles. The minimum absolute atomic E-state index is 0.0990. The topological polar surface area (TPSA) is 38.3 Å². The van der Waals surface area contributed by atoms with Crippen LogP contribution in [0.3, 0.4) is 0 Å². The minimum atomic E-state index is -0.140. The van der Waals surface area contributed by atoms with Gasteiger partial charge in [0.15, 0.2) is 0 Å². The van der Waals surface area contributed by atoms with Crippen molar-refractivity contribution < 1.29 is 9.53 Å². The molecule has 0 bridgehead atoms. The highest BCUT2D eigenvalue weighted by Crippen LogP contribution is 2.30. The second-order valence-electron chi connectivity index (χ2n) is 4.79. The van der Waals surface area contributed by atoms with Crippen LogP contribution in [-0.4, -0.2) is 18.6 Å². The second kappa shape index (κ2) is 6.55. The highest BCUT2D eigenvalue weighted by molar-refractivity contribution is 5.76. The molecular formula is C15H21NO2. The predicted molar refractivity (Wildman–Crippen MR) is 71.0 cm³/mol. The van der Waals surface area contributed by atoms with Crippen LogP contribution in [0.5, 0.6) is 0 Å². The largest absolute Gasteiger partial charge is 0.465 e. The standard InChI is InChI=1S/C15H21NO2/c1-2-18-15(17)14(13-9-6-10-13)16-11-12-7-4-3-5-8-12/h3-5,7-8,13-14,16H,2,6,9-11H2,1H3. The first kappa shape index (κ1) is 13.1. The van der Waals surface area contributed by atoms with E-state index in [9.17, 15) is 4.79 Å². The van der Waals surface area contributed by atoms with Crippen LogP contribution in [0, 0.1) is 5.92 Å². The summed E-state index contributed by atoms with van der Waals surface area (Å²) < 4.78 is 5.15. The molecule has 1 aromatic rings. The summed E-state index contributed by atoms with van der Waals surface area (Å²) in [4.78, 5) is 11.9. The summed E-state index contributed by atoms with van der Waals surface area (Å²) in [6, 6.07) is 10.0. The van der Waals surface area contributed by atoms with E-state index < -0.39 is 0 Å². The fourth-order valence-corrected chi connectivity index (χ4v) is 2.27. The van der Waals surface area contributed by atoms with Gasteiger partial charge in [0.25, 0.3) is 0 Å². The van der Waals surface area contributed by atoms with Crippen molar-refractivity contribution in [3.63, 3.8) is 0 Å². The number of benzene rings is 1. The maximum absolute atomic E-state index is 11.9. The lowest BCUT2D eigenvalue weighted by Gasteiger charge is -2.32. The lowest BCUT2D eigenvalue weighted by atomic mass is 9.79. The Bertz CT molecular complexity index is 373. The van der Waals surface area contributed by atoms with Gasteiger partial charge in [-0.1, -0.05) is 36.8 Å². The summed E-state index contributed by atoms with van der Waals surface area (Å²) in [5.41, 5.74) is 1.20. The summed E-state index contributed by atoms with van der Waals surface area (Å²) in [6.45, 7) is 3.03. The molecule has 0 radical (unpaired) electrons. The zero-order valence-corrected chi connectivity index (χ0v) is 10.9. The molecule has 0 aliphatic heterocycles. The first-order chi connectivity index (χ1) is 8.81. The molecule has 0 saturated heterocycles. The summed E-state index contributed by atoms with van der Waals surface area (Å²) in [5, 5.41) is 3.35. The number of esters is 1. The molecule has 1 fully saturated rings. The molecule has 1 atom stereocenters. The summed E-state index contributed by atoms with van der Waals surface area (Å²) in [5.74, 6) is 0.353. The average Bonchev–Trinajstić information content (AvgIpc) is 2.33. The van der Waals surface area contributed by atoms with Crippen LogP contribution < -0.4 is 5.32 Å². The van der Waals surface area contributed by atoms with Crippen LogP contribution in [0.25, 0.3) is 0 Å². The summed E-state index contributed by atoms with van der Waals surface area (Å²) in [6.07, 6.45) is 3.49. The number of carbonyl (C=O) groups is 1. The molecule has 2 rings (SSSR count). The monoisotopic (exact) mass is 247 g/mol. The molecule has 1 aromatic carbocycles. The Hall–Kier alpha value is -1.35. The van der Waals surface area contributed by atoms with Gasteiger partial charge in [0, 0.05) is 6.54 Å². The van der Waals surface area contributed by atoms with Gasteiger partial charge in [-0.15, -0.1) is 0 Å². The molecule has 0 spiro atoms. The zero-order valence-electron chi connectivity index (χ0n) is 10.9.